The van der Waals surface area contributed by atoms with Crippen LogP contribution in [0.5, 0.6) is 0 Å². The summed E-state index contributed by atoms with van der Waals surface area (Å²) in [6.07, 6.45) is 2.80. The molecule has 4 nitrogen and oxygen atoms in total. The minimum Gasteiger partial charge on any atom is -0.444 e. The fourth-order valence-electron chi connectivity index (χ4n) is 3.19. The molecule has 0 radical (unpaired) electrons. The van der Waals surface area contributed by atoms with Crippen LogP contribution in [0.4, 0.5) is 4.79 Å². The average Bonchev–Trinajstić information content (AvgIpc) is 2.49. The summed E-state index contributed by atoms with van der Waals surface area (Å²) in [5.74, 6) is 0. The molecule has 0 saturated carbocycles. The molecule has 2 rings (SSSR count). The molecular weight excluding hydrogens is 242 g/mol. The van der Waals surface area contributed by atoms with Crippen LogP contribution in [0.3, 0.4) is 0 Å². The third kappa shape index (κ3) is 2.78. The summed E-state index contributed by atoms with van der Waals surface area (Å²) in [6.45, 7) is 11.4. The molecule has 19 heavy (non-hydrogen) atoms. The normalized spacial score (nSPS) is 34.3. The van der Waals surface area contributed by atoms with E-state index in [1.54, 1.807) is 0 Å². The highest BCUT2D eigenvalue weighted by atomic mass is 16.6. The molecule has 0 aromatic rings. The number of ether oxygens (including phenoxy) is 1. The van der Waals surface area contributed by atoms with Gasteiger partial charge in [0.15, 0.2) is 0 Å². The lowest BCUT2D eigenvalue weighted by molar-refractivity contribution is -0.0396. The van der Waals surface area contributed by atoms with E-state index in [4.69, 9.17) is 4.74 Å². The first kappa shape index (κ1) is 14.4. The number of piperidine rings is 1. The van der Waals surface area contributed by atoms with E-state index in [2.05, 4.69) is 6.58 Å². The van der Waals surface area contributed by atoms with Gasteiger partial charge in [-0.3, -0.25) is 0 Å². The Labute approximate surface area is 115 Å². The number of rotatable bonds is 1. The lowest BCUT2D eigenvalue weighted by Crippen LogP contribution is -2.54. The zero-order chi connectivity index (χ0) is 14.4. The molecule has 2 saturated heterocycles. The van der Waals surface area contributed by atoms with Crippen molar-refractivity contribution in [3.63, 3.8) is 0 Å². The minimum absolute atomic E-state index is 0.0790. The number of nitrogens with zero attached hydrogens (tertiary/aromatic N) is 1. The number of fused-ring (bicyclic) bond motifs is 2. The van der Waals surface area contributed by atoms with Crippen molar-refractivity contribution in [2.24, 2.45) is 0 Å². The van der Waals surface area contributed by atoms with Crippen molar-refractivity contribution in [1.82, 2.24) is 4.90 Å². The van der Waals surface area contributed by atoms with Gasteiger partial charge in [0.25, 0.3) is 0 Å². The lowest BCUT2D eigenvalue weighted by Gasteiger charge is -2.44. The molecule has 0 aliphatic carbocycles. The molecule has 2 aliphatic rings. The van der Waals surface area contributed by atoms with Crippen LogP contribution >= 0.6 is 0 Å². The van der Waals surface area contributed by atoms with E-state index in [1.165, 1.54) is 0 Å². The average molecular weight is 267 g/mol. The highest BCUT2D eigenvalue weighted by Crippen LogP contribution is 2.43. The molecule has 108 valence electrons. The van der Waals surface area contributed by atoms with Crippen LogP contribution in [0.1, 0.15) is 53.4 Å². The number of hydrogen-bond acceptors (Lipinski definition) is 3. The zero-order valence-electron chi connectivity index (χ0n) is 12.4. The summed E-state index contributed by atoms with van der Waals surface area (Å²) in [5, 5.41) is 10.6. The van der Waals surface area contributed by atoms with Crippen LogP contribution < -0.4 is 0 Å². The molecule has 2 unspecified atom stereocenters. The number of hydrogen-bond donors (Lipinski definition) is 1. The topological polar surface area (TPSA) is 49.8 Å². The first-order valence-electron chi connectivity index (χ1n) is 7.02. The van der Waals surface area contributed by atoms with Crippen molar-refractivity contribution in [2.45, 2.75) is 76.7 Å². The van der Waals surface area contributed by atoms with Gasteiger partial charge in [0.1, 0.15) is 5.60 Å². The largest absolute Gasteiger partial charge is 0.444 e. The maximum Gasteiger partial charge on any atom is 0.410 e. The van der Waals surface area contributed by atoms with Crippen LogP contribution in [0.2, 0.25) is 0 Å². The molecule has 0 spiro atoms. The molecular formula is C15H25NO3. The maximum atomic E-state index is 12.3. The van der Waals surface area contributed by atoms with Gasteiger partial charge in [-0.1, -0.05) is 6.58 Å². The Bertz CT molecular complexity index is 383. The predicted octanol–water partition coefficient (Wildman–Crippen LogP) is 2.86. The van der Waals surface area contributed by atoms with Gasteiger partial charge >= 0.3 is 6.09 Å². The quantitative estimate of drug-likeness (QED) is 0.743. The Morgan fingerprint density at radius 3 is 2.16 bits per heavy atom. The van der Waals surface area contributed by atoms with Crippen LogP contribution in [0, 0.1) is 0 Å². The number of carbonyl (C=O) groups excluding carboxylic acids is 1. The van der Waals surface area contributed by atoms with E-state index >= 15 is 0 Å². The monoisotopic (exact) mass is 267 g/mol. The van der Waals surface area contributed by atoms with Crippen LogP contribution in [-0.2, 0) is 4.74 Å². The van der Waals surface area contributed by atoms with Crippen molar-refractivity contribution in [3.05, 3.63) is 12.2 Å². The Balaban J connectivity index is 2.12. The molecule has 4 heteroatoms. The summed E-state index contributed by atoms with van der Waals surface area (Å²) in [6, 6.07) is 0.158. The SMILES string of the molecule is C=C(C)C1(O)CC2CCC(C1)N2C(=O)OC(C)(C)C. The predicted molar refractivity (Wildman–Crippen MR) is 73.9 cm³/mol. The summed E-state index contributed by atoms with van der Waals surface area (Å²) >= 11 is 0. The van der Waals surface area contributed by atoms with Crippen molar-refractivity contribution >= 4 is 6.09 Å². The number of amides is 1. The summed E-state index contributed by atoms with van der Waals surface area (Å²) in [7, 11) is 0. The van der Waals surface area contributed by atoms with Crippen LogP contribution in [0.25, 0.3) is 0 Å². The van der Waals surface area contributed by atoms with Gasteiger partial charge in [0, 0.05) is 24.9 Å². The standard InChI is InChI=1S/C15H25NO3/c1-10(2)15(18)8-11-6-7-12(9-15)16(11)13(17)19-14(3,4)5/h11-12,18H,1,6-9H2,2-5H3. The van der Waals surface area contributed by atoms with Gasteiger partial charge in [-0.05, 0) is 46.1 Å². The van der Waals surface area contributed by atoms with Crippen molar-refractivity contribution in [3.8, 4) is 0 Å². The molecule has 2 atom stereocenters. The molecule has 1 amide bonds. The summed E-state index contributed by atoms with van der Waals surface area (Å²) in [5.41, 5.74) is -0.489. The Hall–Kier alpha value is -1.03. The fourth-order valence-corrected chi connectivity index (χ4v) is 3.19. The molecule has 2 aliphatic heterocycles. The second-order valence-electron chi connectivity index (χ2n) is 6.99. The Kier molecular flexibility index (Phi) is 3.42. The smallest absolute Gasteiger partial charge is 0.410 e. The zero-order valence-corrected chi connectivity index (χ0v) is 12.4. The second-order valence-corrected chi connectivity index (χ2v) is 6.99. The molecule has 1 N–H and O–H groups in total. The number of carbonyl (C=O) groups is 1. The Morgan fingerprint density at radius 2 is 1.79 bits per heavy atom. The second kappa shape index (κ2) is 4.51. The molecule has 2 heterocycles. The molecule has 2 fully saturated rings. The first-order valence-corrected chi connectivity index (χ1v) is 7.02. The fraction of sp³-hybridized carbons (Fsp3) is 0.800. The van der Waals surface area contributed by atoms with E-state index in [0.717, 1.165) is 18.4 Å². The molecule has 2 bridgehead atoms. The summed E-state index contributed by atoms with van der Waals surface area (Å²) < 4.78 is 5.47. The van der Waals surface area contributed by atoms with E-state index in [1.807, 2.05) is 32.6 Å². The van der Waals surface area contributed by atoms with E-state index in [-0.39, 0.29) is 18.2 Å². The van der Waals surface area contributed by atoms with Gasteiger partial charge in [0.05, 0.1) is 5.60 Å². The maximum absolute atomic E-state index is 12.3. The molecule has 0 aromatic heterocycles. The van der Waals surface area contributed by atoms with Gasteiger partial charge in [-0.25, -0.2) is 4.79 Å². The van der Waals surface area contributed by atoms with Gasteiger partial charge in [0.2, 0.25) is 0 Å². The first-order chi connectivity index (χ1) is 8.62. The van der Waals surface area contributed by atoms with E-state index < -0.39 is 11.2 Å². The molecule has 0 aromatic carbocycles. The Morgan fingerprint density at radius 1 is 1.32 bits per heavy atom. The lowest BCUT2D eigenvalue weighted by atomic mass is 9.81. The van der Waals surface area contributed by atoms with Gasteiger partial charge in [-0.2, -0.15) is 0 Å². The van der Waals surface area contributed by atoms with Gasteiger partial charge < -0.3 is 14.7 Å². The van der Waals surface area contributed by atoms with E-state index in [9.17, 15) is 9.90 Å². The van der Waals surface area contributed by atoms with Gasteiger partial charge in [-0.15, -0.1) is 0 Å². The highest BCUT2D eigenvalue weighted by Gasteiger charge is 2.50. The minimum atomic E-state index is -0.815. The van der Waals surface area contributed by atoms with Crippen molar-refractivity contribution in [2.75, 3.05) is 0 Å². The van der Waals surface area contributed by atoms with Crippen LogP contribution in [-0.4, -0.2) is 39.4 Å². The highest BCUT2D eigenvalue weighted by molar-refractivity contribution is 5.69. The number of aliphatic hydroxyl groups is 1. The third-order valence-electron chi connectivity index (χ3n) is 4.17. The summed E-state index contributed by atoms with van der Waals surface area (Å²) in [4.78, 5) is 14.1. The van der Waals surface area contributed by atoms with Crippen molar-refractivity contribution < 1.29 is 14.6 Å². The van der Waals surface area contributed by atoms with Crippen LogP contribution in [0.15, 0.2) is 12.2 Å². The van der Waals surface area contributed by atoms with E-state index in [0.29, 0.717) is 12.8 Å². The van der Waals surface area contributed by atoms with Crippen molar-refractivity contribution in [1.29, 1.82) is 0 Å². The third-order valence-corrected chi connectivity index (χ3v) is 4.17.